The van der Waals surface area contributed by atoms with Gasteiger partial charge in [0.15, 0.2) is 0 Å². The fraction of sp³-hybridized carbons (Fsp3) is 0.857. The molecule has 5 heteroatoms. The van der Waals surface area contributed by atoms with E-state index in [1.165, 1.54) is 0 Å². The number of likely N-dealkylation sites (tertiary alicyclic amines) is 1. The van der Waals surface area contributed by atoms with E-state index >= 15 is 0 Å². The van der Waals surface area contributed by atoms with Gasteiger partial charge >= 0.3 is 12.0 Å². The zero-order chi connectivity index (χ0) is 14.3. The molecule has 0 radical (unpaired) electrons. The van der Waals surface area contributed by atoms with E-state index in [-0.39, 0.29) is 18.5 Å². The van der Waals surface area contributed by atoms with Crippen molar-refractivity contribution < 1.29 is 14.7 Å². The Morgan fingerprint density at radius 1 is 1.32 bits per heavy atom. The molecule has 1 aliphatic rings. The van der Waals surface area contributed by atoms with E-state index in [2.05, 4.69) is 6.92 Å². The van der Waals surface area contributed by atoms with Crippen LogP contribution < -0.4 is 0 Å². The fourth-order valence-electron chi connectivity index (χ4n) is 2.59. The van der Waals surface area contributed by atoms with Gasteiger partial charge in [-0.05, 0) is 32.6 Å². The number of piperidine rings is 1. The number of urea groups is 1. The van der Waals surface area contributed by atoms with Gasteiger partial charge in [0.25, 0.3) is 0 Å². The molecule has 1 saturated heterocycles. The number of aliphatic carboxylic acids is 1. The van der Waals surface area contributed by atoms with E-state index < -0.39 is 5.97 Å². The summed E-state index contributed by atoms with van der Waals surface area (Å²) in [6.45, 7) is 6.23. The first kappa shape index (κ1) is 15.8. The number of amides is 2. The summed E-state index contributed by atoms with van der Waals surface area (Å²) in [5, 5.41) is 8.95. The summed E-state index contributed by atoms with van der Waals surface area (Å²) in [6, 6.07) is -0.115. The zero-order valence-electron chi connectivity index (χ0n) is 12.1. The molecule has 2 amide bonds. The van der Waals surface area contributed by atoms with Crippen LogP contribution in [0.2, 0.25) is 0 Å². The monoisotopic (exact) mass is 270 g/mol. The first-order valence-electron chi connectivity index (χ1n) is 7.37. The predicted octanol–water partition coefficient (Wildman–Crippen LogP) is 2.56. The van der Waals surface area contributed by atoms with Crippen molar-refractivity contribution in [3.63, 3.8) is 0 Å². The van der Waals surface area contributed by atoms with Gasteiger partial charge in [0.05, 0.1) is 6.42 Å². The summed E-state index contributed by atoms with van der Waals surface area (Å²) in [5.74, 6) is -0.818. The van der Waals surface area contributed by atoms with Gasteiger partial charge in [0.2, 0.25) is 0 Å². The maximum Gasteiger partial charge on any atom is 0.320 e. The van der Waals surface area contributed by atoms with E-state index in [1.807, 2.05) is 11.8 Å². The molecule has 1 N–H and O–H groups in total. The lowest BCUT2D eigenvalue weighted by Crippen LogP contribution is -2.51. The standard InChI is InChI=1S/C14H26N2O3/c1-3-5-9-15(4-2)14(19)16-10-7-6-8-12(16)11-13(17)18/h12H,3-11H2,1-2H3,(H,17,18). The van der Waals surface area contributed by atoms with Crippen LogP contribution in [0.5, 0.6) is 0 Å². The highest BCUT2D eigenvalue weighted by Gasteiger charge is 2.30. The molecule has 0 aliphatic carbocycles. The Balaban J connectivity index is 2.66. The first-order chi connectivity index (χ1) is 9.10. The Labute approximate surface area is 115 Å². The number of unbranched alkanes of at least 4 members (excludes halogenated alkanes) is 1. The van der Waals surface area contributed by atoms with Crippen molar-refractivity contribution in [1.82, 2.24) is 9.80 Å². The van der Waals surface area contributed by atoms with Crippen LogP contribution in [0.15, 0.2) is 0 Å². The number of hydrogen-bond donors (Lipinski definition) is 1. The molecule has 0 aromatic carbocycles. The van der Waals surface area contributed by atoms with Crippen molar-refractivity contribution in [2.24, 2.45) is 0 Å². The molecule has 5 nitrogen and oxygen atoms in total. The van der Waals surface area contributed by atoms with Crippen molar-refractivity contribution in [3.8, 4) is 0 Å². The number of carboxylic acids is 1. The number of carbonyl (C=O) groups is 2. The summed E-state index contributed by atoms with van der Waals surface area (Å²) < 4.78 is 0. The van der Waals surface area contributed by atoms with Crippen LogP contribution in [-0.2, 0) is 4.79 Å². The van der Waals surface area contributed by atoms with Crippen molar-refractivity contribution in [3.05, 3.63) is 0 Å². The van der Waals surface area contributed by atoms with Gasteiger partial charge in [-0.25, -0.2) is 4.79 Å². The molecule has 0 aromatic heterocycles. The molecule has 1 heterocycles. The number of nitrogens with zero attached hydrogens (tertiary/aromatic N) is 2. The van der Waals surface area contributed by atoms with Gasteiger partial charge in [-0.2, -0.15) is 0 Å². The van der Waals surface area contributed by atoms with Crippen LogP contribution in [0.1, 0.15) is 52.4 Å². The Kier molecular flexibility index (Phi) is 6.67. The van der Waals surface area contributed by atoms with E-state index in [4.69, 9.17) is 5.11 Å². The largest absolute Gasteiger partial charge is 0.481 e. The summed E-state index contributed by atoms with van der Waals surface area (Å²) in [7, 11) is 0. The molecule has 19 heavy (non-hydrogen) atoms. The second-order valence-electron chi connectivity index (χ2n) is 5.16. The molecular weight excluding hydrogens is 244 g/mol. The Morgan fingerprint density at radius 3 is 2.63 bits per heavy atom. The first-order valence-corrected chi connectivity index (χ1v) is 7.37. The third kappa shape index (κ3) is 4.73. The number of carbonyl (C=O) groups excluding carboxylic acids is 1. The molecule has 0 bridgehead atoms. The van der Waals surface area contributed by atoms with Crippen molar-refractivity contribution in [2.45, 2.75) is 58.4 Å². The van der Waals surface area contributed by atoms with Gasteiger partial charge in [-0.1, -0.05) is 13.3 Å². The maximum atomic E-state index is 12.5. The summed E-state index contributed by atoms with van der Waals surface area (Å²) >= 11 is 0. The number of hydrogen-bond acceptors (Lipinski definition) is 2. The van der Waals surface area contributed by atoms with E-state index in [1.54, 1.807) is 4.90 Å². The molecular formula is C14H26N2O3. The highest BCUT2D eigenvalue weighted by atomic mass is 16.4. The molecule has 0 spiro atoms. The fourth-order valence-corrected chi connectivity index (χ4v) is 2.59. The van der Waals surface area contributed by atoms with E-state index in [0.29, 0.717) is 13.1 Å². The van der Waals surface area contributed by atoms with Gasteiger partial charge in [0, 0.05) is 25.7 Å². The third-order valence-electron chi connectivity index (χ3n) is 3.72. The second kappa shape index (κ2) is 8.02. The molecule has 1 fully saturated rings. The smallest absolute Gasteiger partial charge is 0.320 e. The summed E-state index contributed by atoms with van der Waals surface area (Å²) in [5.41, 5.74) is 0. The number of carboxylic acid groups (broad SMARTS) is 1. The van der Waals surface area contributed by atoms with Crippen LogP contribution in [0, 0.1) is 0 Å². The van der Waals surface area contributed by atoms with Crippen LogP contribution in [0.4, 0.5) is 4.79 Å². The third-order valence-corrected chi connectivity index (χ3v) is 3.72. The Hall–Kier alpha value is -1.26. The maximum absolute atomic E-state index is 12.5. The molecule has 1 unspecified atom stereocenters. The molecule has 0 saturated carbocycles. The number of rotatable bonds is 6. The van der Waals surface area contributed by atoms with Crippen LogP contribution in [-0.4, -0.2) is 52.6 Å². The average molecular weight is 270 g/mol. The lowest BCUT2D eigenvalue weighted by molar-refractivity contribution is -0.138. The lowest BCUT2D eigenvalue weighted by atomic mass is 10.00. The van der Waals surface area contributed by atoms with Gasteiger partial charge < -0.3 is 14.9 Å². The minimum Gasteiger partial charge on any atom is -0.481 e. The van der Waals surface area contributed by atoms with Gasteiger partial charge in [0.1, 0.15) is 0 Å². The highest BCUT2D eigenvalue weighted by Crippen LogP contribution is 2.21. The molecule has 1 aliphatic heterocycles. The van der Waals surface area contributed by atoms with Crippen LogP contribution in [0.25, 0.3) is 0 Å². The van der Waals surface area contributed by atoms with Crippen molar-refractivity contribution >= 4 is 12.0 Å². The quantitative estimate of drug-likeness (QED) is 0.807. The predicted molar refractivity (Wildman–Crippen MR) is 74.1 cm³/mol. The zero-order valence-corrected chi connectivity index (χ0v) is 12.1. The normalized spacial score (nSPS) is 19.3. The Bertz CT molecular complexity index is 307. The van der Waals surface area contributed by atoms with Crippen molar-refractivity contribution in [1.29, 1.82) is 0 Å². The molecule has 0 aromatic rings. The van der Waals surface area contributed by atoms with Gasteiger partial charge in [-0.15, -0.1) is 0 Å². The topological polar surface area (TPSA) is 60.9 Å². The highest BCUT2D eigenvalue weighted by molar-refractivity contribution is 5.76. The summed E-state index contributed by atoms with van der Waals surface area (Å²) in [4.78, 5) is 27.0. The van der Waals surface area contributed by atoms with Crippen LogP contribution >= 0.6 is 0 Å². The second-order valence-corrected chi connectivity index (χ2v) is 5.16. The minimum absolute atomic E-state index is 0.0156. The molecule has 1 rings (SSSR count). The van der Waals surface area contributed by atoms with E-state index in [0.717, 1.165) is 38.6 Å². The average Bonchev–Trinajstić information content (AvgIpc) is 2.39. The molecule has 1 atom stereocenters. The van der Waals surface area contributed by atoms with Gasteiger partial charge in [-0.3, -0.25) is 4.79 Å². The SMILES string of the molecule is CCCCN(CC)C(=O)N1CCCCC1CC(=O)O. The summed E-state index contributed by atoms with van der Waals surface area (Å²) in [6.07, 6.45) is 4.93. The Morgan fingerprint density at radius 2 is 2.05 bits per heavy atom. The van der Waals surface area contributed by atoms with E-state index in [9.17, 15) is 9.59 Å². The minimum atomic E-state index is -0.818. The van der Waals surface area contributed by atoms with Crippen molar-refractivity contribution in [2.75, 3.05) is 19.6 Å². The lowest BCUT2D eigenvalue weighted by Gasteiger charge is -2.38. The molecule has 110 valence electrons. The van der Waals surface area contributed by atoms with Crippen LogP contribution in [0.3, 0.4) is 0 Å².